The van der Waals surface area contributed by atoms with Gasteiger partial charge in [-0.25, -0.2) is 15.0 Å². The molecule has 3 heterocycles. The van der Waals surface area contributed by atoms with Gasteiger partial charge in [0.25, 0.3) is 0 Å². The van der Waals surface area contributed by atoms with Crippen molar-refractivity contribution in [2.75, 3.05) is 0 Å². The smallest absolute Gasteiger partial charge is 0.164 e. The quantitative estimate of drug-likeness (QED) is 0.167. The monoisotopic (exact) mass is 865 g/mol. The van der Waals surface area contributed by atoms with Crippen LogP contribution in [0.2, 0.25) is 0 Å². The van der Waals surface area contributed by atoms with Gasteiger partial charge in [0.15, 0.2) is 17.5 Å². The van der Waals surface area contributed by atoms with Crippen molar-refractivity contribution in [1.29, 1.82) is 0 Å². The van der Waals surface area contributed by atoms with E-state index in [1.54, 1.807) is 0 Å². The molecule has 0 aliphatic carbocycles. The molecule has 0 aliphatic heterocycles. The molecule has 14 rings (SSSR count). The van der Waals surface area contributed by atoms with Crippen LogP contribution in [0, 0.1) is 0 Å². The van der Waals surface area contributed by atoms with Gasteiger partial charge in [0.2, 0.25) is 0 Å². The first-order chi connectivity index (χ1) is 33.7. The number of fused-ring (bicyclic) bond motifs is 9. The van der Waals surface area contributed by atoms with E-state index in [0.29, 0.717) is 17.5 Å². The van der Waals surface area contributed by atoms with Crippen LogP contribution in [0.5, 0.6) is 0 Å². The van der Waals surface area contributed by atoms with Gasteiger partial charge in [-0.2, -0.15) is 0 Å². The zero-order valence-electron chi connectivity index (χ0n) is 36.8. The highest BCUT2D eigenvalue weighted by Crippen LogP contribution is 2.39. The second-order valence-corrected chi connectivity index (χ2v) is 17.7. The zero-order chi connectivity index (χ0) is 44.7. The van der Waals surface area contributed by atoms with Crippen LogP contribution in [0.3, 0.4) is 0 Å². The Morgan fingerprint density at radius 1 is 0.221 bits per heavy atom. The lowest BCUT2D eigenvalue weighted by atomic mass is 10.0. The van der Waals surface area contributed by atoms with Crippen LogP contribution in [0.15, 0.2) is 237 Å². The zero-order valence-corrected chi connectivity index (χ0v) is 36.8. The van der Waals surface area contributed by atoms with E-state index in [4.69, 9.17) is 15.0 Å². The molecular weight excluding hydrogens is 827 g/mol. The van der Waals surface area contributed by atoms with Crippen LogP contribution in [0.4, 0.5) is 0 Å². The number of para-hydroxylation sites is 2. The van der Waals surface area contributed by atoms with E-state index < -0.39 is 0 Å². The van der Waals surface area contributed by atoms with Gasteiger partial charge >= 0.3 is 0 Å². The minimum Gasteiger partial charge on any atom is -0.309 e. The summed E-state index contributed by atoms with van der Waals surface area (Å²) in [6.07, 6.45) is 0. The standard InChI is InChI=1S/C63H39N5/c1-2-13-40(14-3-1)42-25-28-43(29-26-42)61-64-62(66-63(65-61)49-30-27-41-15-4-5-16-44(41)33-49)48-19-12-20-51(34-48)67-57-23-10-9-22-54(57)56-37-50-35-52(32-31-47(50)39-60(56)67)68-58-24-11-8-21-53(58)55-36-45-17-6-7-18-46(45)38-59(55)68/h1-39H. The van der Waals surface area contributed by atoms with Crippen LogP contribution >= 0.6 is 0 Å². The Balaban J connectivity index is 0.912. The van der Waals surface area contributed by atoms with Gasteiger partial charge in [0.1, 0.15) is 0 Å². The summed E-state index contributed by atoms with van der Waals surface area (Å²) in [6.45, 7) is 0. The molecule has 316 valence electrons. The number of hydrogen-bond acceptors (Lipinski definition) is 3. The number of rotatable bonds is 6. The van der Waals surface area contributed by atoms with E-state index in [-0.39, 0.29) is 0 Å². The van der Waals surface area contributed by atoms with Crippen molar-refractivity contribution in [3.63, 3.8) is 0 Å². The largest absolute Gasteiger partial charge is 0.309 e. The van der Waals surface area contributed by atoms with Gasteiger partial charge < -0.3 is 9.13 Å². The third kappa shape index (κ3) is 6.21. The van der Waals surface area contributed by atoms with Crippen molar-refractivity contribution in [2.24, 2.45) is 0 Å². The first-order valence-corrected chi connectivity index (χ1v) is 23.1. The van der Waals surface area contributed by atoms with E-state index in [1.807, 2.05) is 6.07 Å². The Morgan fingerprint density at radius 3 is 1.34 bits per heavy atom. The lowest BCUT2D eigenvalue weighted by Crippen LogP contribution is -2.01. The van der Waals surface area contributed by atoms with E-state index in [0.717, 1.165) is 50.0 Å². The van der Waals surface area contributed by atoms with E-state index in [1.165, 1.54) is 65.1 Å². The van der Waals surface area contributed by atoms with Gasteiger partial charge in [0, 0.05) is 49.6 Å². The molecule has 0 amide bonds. The van der Waals surface area contributed by atoms with Crippen molar-refractivity contribution in [3.05, 3.63) is 237 Å². The average Bonchev–Trinajstić information content (AvgIpc) is 3.91. The molecule has 3 aromatic heterocycles. The second-order valence-electron chi connectivity index (χ2n) is 17.7. The highest BCUT2D eigenvalue weighted by atomic mass is 15.0. The van der Waals surface area contributed by atoms with Crippen molar-refractivity contribution in [1.82, 2.24) is 24.1 Å². The first kappa shape index (κ1) is 38.1. The molecule has 0 atom stereocenters. The Labute approximate surface area is 391 Å². The van der Waals surface area contributed by atoms with Gasteiger partial charge in [0.05, 0.1) is 22.1 Å². The van der Waals surface area contributed by atoms with E-state index in [9.17, 15) is 0 Å². The minimum absolute atomic E-state index is 0.615. The Kier molecular flexibility index (Phi) is 8.52. The molecule has 0 saturated heterocycles. The SMILES string of the molecule is c1ccc(-c2ccc(-c3nc(-c4cccc(-n5c6ccccc6c6cc7cc(-n8c9ccccc9c9cc%10ccccc%10cc98)ccc7cc65)c4)nc(-c4ccc5ccccc5c4)n3)cc2)cc1. The minimum atomic E-state index is 0.615. The highest BCUT2D eigenvalue weighted by Gasteiger charge is 2.19. The molecule has 0 saturated carbocycles. The van der Waals surface area contributed by atoms with Gasteiger partial charge in [-0.05, 0) is 110 Å². The summed E-state index contributed by atoms with van der Waals surface area (Å²) in [5, 5.41) is 12.1. The molecule has 5 heteroatoms. The summed E-state index contributed by atoms with van der Waals surface area (Å²) in [6, 6.07) is 84.8. The molecule has 0 aliphatic rings. The number of benzene rings is 11. The summed E-state index contributed by atoms with van der Waals surface area (Å²) < 4.78 is 4.81. The Bertz CT molecular complexity index is 4320. The molecule has 0 unspecified atom stereocenters. The lowest BCUT2D eigenvalue weighted by Gasteiger charge is -2.13. The van der Waals surface area contributed by atoms with Crippen molar-refractivity contribution < 1.29 is 0 Å². The fourth-order valence-corrected chi connectivity index (χ4v) is 10.4. The maximum Gasteiger partial charge on any atom is 0.164 e. The van der Waals surface area contributed by atoms with Crippen molar-refractivity contribution in [3.8, 4) is 56.7 Å². The van der Waals surface area contributed by atoms with Gasteiger partial charge in [-0.3, -0.25) is 0 Å². The van der Waals surface area contributed by atoms with Crippen molar-refractivity contribution in [2.45, 2.75) is 0 Å². The third-order valence-corrected chi connectivity index (χ3v) is 13.7. The Hall–Kier alpha value is -9.19. The van der Waals surface area contributed by atoms with Crippen LogP contribution in [-0.4, -0.2) is 24.1 Å². The maximum atomic E-state index is 5.21. The van der Waals surface area contributed by atoms with E-state index >= 15 is 0 Å². The predicted octanol–water partition coefficient (Wildman–Crippen LogP) is 16.2. The number of aromatic nitrogens is 5. The number of nitrogens with zero attached hydrogens (tertiary/aromatic N) is 5. The lowest BCUT2D eigenvalue weighted by molar-refractivity contribution is 1.07. The third-order valence-electron chi connectivity index (χ3n) is 13.7. The highest BCUT2D eigenvalue weighted by molar-refractivity contribution is 6.15. The second kappa shape index (κ2) is 15.2. The molecule has 0 radical (unpaired) electrons. The average molecular weight is 866 g/mol. The number of hydrogen-bond donors (Lipinski definition) is 0. The fraction of sp³-hybridized carbons (Fsp3) is 0. The predicted molar refractivity (Wildman–Crippen MR) is 283 cm³/mol. The molecule has 14 aromatic rings. The molecule has 11 aromatic carbocycles. The maximum absolute atomic E-state index is 5.21. The molecule has 0 N–H and O–H groups in total. The molecule has 0 bridgehead atoms. The van der Waals surface area contributed by atoms with Crippen LogP contribution in [0.25, 0.3) is 133 Å². The summed E-state index contributed by atoms with van der Waals surface area (Å²) in [4.78, 5) is 15.5. The van der Waals surface area contributed by atoms with Crippen LogP contribution < -0.4 is 0 Å². The normalized spacial score (nSPS) is 11.8. The first-order valence-electron chi connectivity index (χ1n) is 23.1. The molecular formula is C63H39N5. The van der Waals surface area contributed by atoms with Crippen LogP contribution in [-0.2, 0) is 0 Å². The van der Waals surface area contributed by atoms with Crippen molar-refractivity contribution >= 4 is 75.9 Å². The summed E-state index contributed by atoms with van der Waals surface area (Å²) >= 11 is 0. The molecule has 5 nitrogen and oxygen atoms in total. The molecule has 0 fully saturated rings. The van der Waals surface area contributed by atoms with Crippen LogP contribution in [0.1, 0.15) is 0 Å². The van der Waals surface area contributed by atoms with Gasteiger partial charge in [-0.1, -0.05) is 170 Å². The molecule has 0 spiro atoms. The topological polar surface area (TPSA) is 48.5 Å². The van der Waals surface area contributed by atoms with Gasteiger partial charge in [-0.15, -0.1) is 0 Å². The fourth-order valence-electron chi connectivity index (χ4n) is 10.4. The summed E-state index contributed by atoms with van der Waals surface area (Å²) in [7, 11) is 0. The summed E-state index contributed by atoms with van der Waals surface area (Å²) in [5.74, 6) is 1.87. The summed E-state index contributed by atoms with van der Waals surface area (Å²) in [5.41, 5.74) is 11.9. The molecule has 68 heavy (non-hydrogen) atoms. The van der Waals surface area contributed by atoms with E-state index in [2.05, 4.69) is 240 Å². The Morgan fingerprint density at radius 2 is 0.662 bits per heavy atom.